The topological polar surface area (TPSA) is 83.1 Å². The lowest BCUT2D eigenvalue weighted by Crippen LogP contribution is -2.36. The molecule has 7 nitrogen and oxygen atoms in total. The lowest BCUT2D eigenvalue weighted by atomic mass is 9.71. The summed E-state index contributed by atoms with van der Waals surface area (Å²) in [6.07, 6.45) is 1.01. The molecule has 0 radical (unpaired) electrons. The van der Waals surface area contributed by atoms with Crippen LogP contribution in [0.25, 0.3) is 0 Å². The van der Waals surface area contributed by atoms with Crippen molar-refractivity contribution in [2.75, 3.05) is 27.9 Å². The van der Waals surface area contributed by atoms with E-state index in [0.29, 0.717) is 41.2 Å². The number of esters is 1. The van der Waals surface area contributed by atoms with E-state index in [4.69, 9.17) is 18.9 Å². The third-order valence-corrected chi connectivity index (χ3v) is 6.65. The first-order valence-electron chi connectivity index (χ1n) is 11.7. The molecule has 1 aliphatic heterocycles. The molecular weight excluding hydrogens is 446 g/mol. The zero-order chi connectivity index (χ0) is 25.1. The summed E-state index contributed by atoms with van der Waals surface area (Å²) in [5, 5.41) is 3.37. The van der Waals surface area contributed by atoms with Crippen molar-refractivity contribution in [3.8, 4) is 17.2 Å². The van der Waals surface area contributed by atoms with Crippen molar-refractivity contribution in [1.82, 2.24) is 5.32 Å². The molecule has 0 bridgehead atoms. The molecule has 2 atom stereocenters. The Bertz CT molecular complexity index is 1190. The van der Waals surface area contributed by atoms with Crippen molar-refractivity contribution >= 4 is 11.8 Å². The Morgan fingerprint density at radius 2 is 1.63 bits per heavy atom. The van der Waals surface area contributed by atoms with Gasteiger partial charge in [0, 0.05) is 29.3 Å². The Hall–Kier alpha value is -3.74. The van der Waals surface area contributed by atoms with Crippen molar-refractivity contribution in [2.45, 2.75) is 38.5 Å². The number of nitrogens with one attached hydrogen (secondary N) is 1. The van der Waals surface area contributed by atoms with E-state index in [1.165, 1.54) is 0 Å². The third-order valence-electron chi connectivity index (χ3n) is 6.65. The predicted octanol–water partition coefficient (Wildman–Crippen LogP) is 4.64. The Balaban J connectivity index is 1.80. The van der Waals surface area contributed by atoms with Gasteiger partial charge in [0.15, 0.2) is 17.3 Å². The van der Waals surface area contributed by atoms with Crippen LogP contribution in [0.2, 0.25) is 0 Å². The van der Waals surface area contributed by atoms with Gasteiger partial charge in [-0.25, -0.2) is 4.79 Å². The molecule has 0 saturated heterocycles. The molecule has 0 fully saturated rings. The molecule has 0 unspecified atom stereocenters. The minimum Gasteiger partial charge on any atom is -0.497 e. The van der Waals surface area contributed by atoms with Gasteiger partial charge in [0.2, 0.25) is 0 Å². The normalized spacial score (nSPS) is 19.6. The number of methoxy groups -OCH3 is 3. The van der Waals surface area contributed by atoms with Gasteiger partial charge >= 0.3 is 5.97 Å². The molecule has 4 rings (SSSR count). The SMILES string of the molecule is CCOC(=O)C1=C(C)NC2=C(C(=O)C[C@H](c3ccc(OC)cc3)C2)[C@@H]1c1ccc(OC)c(OC)c1. The summed E-state index contributed by atoms with van der Waals surface area (Å²) in [6.45, 7) is 3.87. The van der Waals surface area contributed by atoms with Gasteiger partial charge < -0.3 is 24.3 Å². The third kappa shape index (κ3) is 4.63. The smallest absolute Gasteiger partial charge is 0.336 e. The van der Waals surface area contributed by atoms with Gasteiger partial charge in [-0.15, -0.1) is 0 Å². The summed E-state index contributed by atoms with van der Waals surface area (Å²) in [5.74, 6) is 0.927. The Labute approximate surface area is 205 Å². The summed E-state index contributed by atoms with van der Waals surface area (Å²) in [7, 11) is 4.76. The van der Waals surface area contributed by atoms with Gasteiger partial charge in [-0.2, -0.15) is 0 Å². The monoisotopic (exact) mass is 477 g/mol. The van der Waals surface area contributed by atoms with Crippen LogP contribution >= 0.6 is 0 Å². The van der Waals surface area contributed by atoms with E-state index >= 15 is 0 Å². The average molecular weight is 478 g/mol. The molecule has 0 spiro atoms. The largest absolute Gasteiger partial charge is 0.497 e. The Kier molecular flexibility index (Phi) is 7.15. The van der Waals surface area contributed by atoms with Gasteiger partial charge in [-0.3, -0.25) is 4.79 Å². The van der Waals surface area contributed by atoms with E-state index in [1.54, 1.807) is 34.3 Å². The summed E-state index contributed by atoms with van der Waals surface area (Å²) in [4.78, 5) is 26.8. The molecule has 1 N–H and O–H groups in total. The van der Waals surface area contributed by atoms with E-state index in [-0.39, 0.29) is 18.3 Å². The summed E-state index contributed by atoms with van der Waals surface area (Å²) in [5.41, 5.74) is 4.42. The number of carbonyl (C=O) groups excluding carboxylic acids is 2. The number of benzene rings is 2. The van der Waals surface area contributed by atoms with Crippen LogP contribution in [0.3, 0.4) is 0 Å². The van der Waals surface area contributed by atoms with Crippen molar-refractivity contribution < 1.29 is 28.5 Å². The highest BCUT2D eigenvalue weighted by Gasteiger charge is 2.41. The van der Waals surface area contributed by atoms with Crippen LogP contribution in [0.1, 0.15) is 49.7 Å². The summed E-state index contributed by atoms with van der Waals surface area (Å²) < 4.78 is 21.6. The molecule has 1 heterocycles. The van der Waals surface area contributed by atoms with Gasteiger partial charge in [0.05, 0.1) is 33.5 Å². The highest BCUT2D eigenvalue weighted by Crippen LogP contribution is 2.47. The van der Waals surface area contributed by atoms with Crippen molar-refractivity contribution in [3.05, 3.63) is 76.1 Å². The molecular formula is C28H31NO6. The van der Waals surface area contributed by atoms with E-state index in [9.17, 15) is 9.59 Å². The second-order valence-electron chi connectivity index (χ2n) is 8.63. The predicted molar refractivity (Wildman–Crippen MR) is 132 cm³/mol. The molecule has 0 amide bonds. The number of dihydropyridines is 1. The molecule has 7 heteroatoms. The van der Waals surface area contributed by atoms with Gasteiger partial charge in [-0.05, 0) is 61.6 Å². The van der Waals surface area contributed by atoms with E-state index in [1.807, 2.05) is 43.3 Å². The first kappa shape index (κ1) is 24.4. The van der Waals surface area contributed by atoms with E-state index in [2.05, 4.69) is 5.32 Å². The van der Waals surface area contributed by atoms with Crippen LogP contribution in [-0.2, 0) is 14.3 Å². The van der Waals surface area contributed by atoms with Crippen LogP contribution < -0.4 is 19.5 Å². The highest BCUT2D eigenvalue weighted by atomic mass is 16.5. The number of Topliss-reactive ketones (excluding diaryl/α,β-unsaturated/α-hetero) is 1. The summed E-state index contributed by atoms with van der Waals surface area (Å²) >= 11 is 0. The fourth-order valence-corrected chi connectivity index (χ4v) is 5.00. The van der Waals surface area contributed by atoms with E-state index < -0.39 is 11.9 Å². The van der Waals surface area contributed by atoms with Crippen molar-refractivity contribution in [2.24, 2.45) is 0 Å². The quantitative estimate of drug-likeness (QED) is 0.582. The standard InChI is InChI=1S/C28H31NO6/c1-6-35-28(31)25-16(2)29-21-13-19(17-7-10-20(32-3)11-8-17)14-22(30)27(21)26(25)18-9-12-23(33-4)24(15-18)34-5/h7-12,15,19,26,29H,6,13-14H2,1-5H3/t19-,26-/m1/s1. The van der Waals surface area contributed by atoms with Crippen molar-refractivity contribution in [3.63, 3.8) is 0 Å². The summed E-state index contributed by atoms with van der Waals surface area (Å²) in [6, 6.07) is 13.3. The Morgan fingerprint density at radius 3 is 2.26 bits per heavy atom. The van der Waals surface area contributed by atoms with Gasteiger partial charge in [0.25, 0.3) is 0 Å². The van der Waals surface area contributed by atoms with Crippen molar-refractivity contribution in [1.29, 1.82) is 0 Å². The molecule has 2 aromatic carbocycles. The van der Waals surface area contributed by atoms with Crippen LogP contribution in [0, 0.1) is 0 Å². The number of carbonyl (C=O) groups is 2. The fraction of sp³-hybridized carbons (Fsp3) is 0.357. The second kappa shape index (κ2) is 10.3. The second-order valence-corrected chi connectivity index (χ2v) is 8.63. The van der Waals surface area contributed by atoms with Crippen LogP contribution in [-0.4, -0.2) is 39.7 Å². The number of rotatable bonds is 7. The van der Waals surface area contributed by atoms with Crippen LogP contribution in [0.4, 0.5) is 0 Å². The van der Waals surface area contributed by atoms with E-state index in [0.717, 1.165) is 22.6 Å². The Morgan fingerprint density at radius 1 is 0.943 bits per heavy atom. The number of hydrogen-bond acceptors (Lipinski definition) is 7. The number of ketones is 1. The maximum absolute atomic E-state index is 13.7. The maximum atomic E-state index is 13.7. The zero-order valence-electron chi connectivity index (χ0n) is 20.8. The number of ether oxygens (including phenoxy) is 4. The first-order chi connectivity index (χ1) is 16.9. The first-order valence-corrected chi connectivity index (χ1v) is 11.7. The lowest BCUT2D eigenvalue weighted by molar-refractivity contribution is -0.138. The van der Waals surface area contributed by atoms with Gasteiger partial charge in [-0.1, -0.05) is 18.2 Å². The van der Waals surface area contributed by atoms with Crippen LogP contribution in [0.15, 0.2) is 65.0 Å². The van der Waals surface area contributed by atoms with Gasteiger partial charge in [0.1, 0.15) is 5.75 Å². The molecule has 0 saturated carbocycles. The lowest BCUT2D eigenvalue weighted by Gasteiger charge is -2.36. The highest BCUT2D eigenvalue weighted by molar-refractivity contribution is 6.04. The zero-order valence-corrected chi connectivity index (χ0v) is 20.8. The molecule has 1 aliphatic carbocycles. The molecule has 0 aromatic heterocycles. The molecule has 2 aromatic rings. The fourth-order valence-electron chi connectivity index (χ4n) is 5.00. The minimum atomic E-state index is -0.561. The van der Waals surface area contributed by atoms with Crippen LogP contribution in [0.5, 0.6) is 17.2 Å². The molecule has 184 valence electrons. The molecule has 2 aliphatic rings. The average Bonchev–Trinajstić information content (AvgIpc) is 2.87. The maximum Gasteiger partial charge on any atom is 0.336 e. The number of hydrogen-bond donors (Lipinski definition) is 1. The molecule has 35 heavy (non-hydrogen) atoms. The number of allylic oxidation sites excluding steroid dienone is 3. The minimum absolute atomic E-state index is 0.00801.